The third-order valence-electron chi connectivity index (χ3n) is 2.88. The predicted molar refractivity (Wildman–Crippen MR) is 78.9 cm³/mol. The number of aromatic nitrogens is 2. The van der Waals surface area contributed by atoms with E-state index in [9.17, 15) is 18.0 Å². The minimum absolute atomic E-state index is 0.165. The quantitative estimate of drug-likeness (QED) is 0.887. The summed E-state index contributed by atoms with van der Waals surface area (Å²) in [6.45, 7) is 0.827. The van der Waals surface area contributed by atoms with E-state index < -0.39 is 18.6 Å². The zero-order valence-corrected chi connectivity index (χ0v) is 12.3. The van der Waals surface area contributed by atoms with E-state index in [1.807, 2.05) is 12.2 Å². The number of alkyl halides is 3. The van der Waals surface area contributed by atoms with Crippen molar-refractivity contribution in [3.63, 3.8) is 0 Å². The van der Waals surface area contributed by atoms with Crippen molar-refractivity contribution in [1.82, 2.24) is 15.3 Å². The second-order valence-electron chi connectivity index (χ2n) is 4.87. The Morgan fingerprint density at radius 3 is 2.74 bits per heavy atom. The van der Waals surface area contributed by atoms with Crippen LogP contribution in [0.2, 0.25) is 0 Å². The van der Waals surface area contributed by atoms with Gasteiger partial charge in [-0.3, -0.25) is 4.79 Å². The highest BCUT2D eigenvalue weighted by molar-refractivity contribution is 5.94. The first-order chi connectivity index (χ1) is 10.8. The lowest BCUT2D eigenvalue weighted by atomic mass is 10.1. The molecule has 0 aliphatic carbocycles. The summed E-state index contributed by atoms with van der Waals surface area (Å²) in [5.41, 5.74) is 1.70. The molecule has 0 spiro atoms. The lowest BCUT2D eigenvalue weighted by Crippen LogP contribution is -2.33. The number of aryl methyl sites for hydroxylation is 1. The molecule has 0 radical (unpaired) electrons. The Morgan fingerprint density at radius 2 is 2.04 bits per heavy atom. The van der Waals surface area contributed by atoms with Gasteiger partial charge in [-0.2, -0.15) is 13.2 Å². The number of hydrogen-bond donors (Lipinski definition) is 2. The van der Waals surface area contributed by atoms with Crippen LogP contribution in [0.1, 0.15) is 21.6 Å². The van der Waals surface area contributed by atoms with Crippen molar-refractivity contribution in [3.8, 4) is 0 Å². The zero-order valence-electron chi connectivity index (χ0n) is 12.3. The van der Waals surface area contributed by atoms with Crippen molar-refractivity contribution in [3.05, 3.63) is 53.3 Å². The maximum atomic E-state index is 12.1. The molecule has 0 bridgehead atoms. The number of carbonyl (C=O) groups is 1. The lowest BCUT2D eigenvalue weighted by Gasteiger charge is -2.10. The number of carbonyl (C=O) groups excluding carboxylic acids is 1. The van der Waals surface area contributed by atoms with Crippen LogP contribution in [0.4, 0.5) is 19.1 Å². The second kappa shape index (κ2) is 7.08. The highest BCUT2D eigenvalue weighted by atomic mass is 19.4. The molecule has 0 saturated heterocycles. The number of benzene rings is 1. The van der Waals surface area contributed by atoms with E-state index in [4.69, 9.17) is 0 Å². The maximum absolute atomic E-state index is 12.1. The highest BCUT2D eigenvalue weighted by Gasteiger charge is 2.27. The molecule has 1 aromatic carbocycles. The summed E-state index contributed by atoms with van der Waals surface area (Å²) in [6, 6.07) is 8.10. The van der Waals surface area contributed by atoms with Gasteiger partial charge in [-0.1, -0.05) is 12.1 Å². The summed E-state index contributed by atoms with van der Waals surface area (Å²) in [5, 5.41) is 4.83. The second-order valence-corrected chi connectivity index (χ2v) is 4.87. The van der Waals surface area contributed by atoms with Gasteiger partial charge < -0.3 is 10.6 Å². The number of nitrogens with one attached hydrogen (secondary N) is 2. The van der Waals surface area contributed by atoms with Gasteiger partial charge >= 0.3 is 6.18 Å². The molecule has 0 aliphatic heterocycles. The fourth-order valence-corrected chi connectivity index (χ4v) is 1.82. The van der Waals surface area contributed by atoms with Gasteiger partial charge in [-0.25, -0.2) is 9.97 Å². The van der Waals surface area contributed by atoms with Gasteiger partial charge in [-0.05, 0) is 30.7 Å². The molecule has 1 amide bonds. The third-order valence-corrected chi connectivity index (χ3v) is 2.88. The van der Waals surface area contributed by atoms with Gasteiger partial charge in [0, 0.05) is 24.0 Å². The fraction of sp³-hybridized carbons (Fsp3) is 0.267. The molecule has 5 nitrogen and oxygen atoms in total. The van der Waals surface area contributed by atoms with E-state index in [1.54, 1.807) is 24.4 Å². The Hall–Kier alpha value is -2.64. The molecule has 1 aromatic heterocycles. The molecule has 0 atom stereocenters. The number of nitrogens with zero attached hydrogens (tertiary/aromatic N) is 2. The first-order valence-electron chi connectivity index (χ1n) is 6.81. The minimum atomic E-state index is -4.43. The SMILES string of the molecule is Cc1ccnc(NCc2cccc(C(=O)NCC(F)(F)F)c2)n1. The Kier molecular flexibility index (Phi) is 5.15. The van der Waals surface area contributed by atoms with Crippen LogP contribution in [0.5, 0.6) is 0 Å². The van der Waals surface area contributed by atoms with Gasteiger partial charge in [-0.15, -0.1) is 0 Å². The van der Waals surface area contributed by atoms with Crippen molar-refractivity contribution in [2.75, 3.05) is 11.9 Å². The normalized spacial score (nSPS) is 11.1. The van der Waals surface area contributed by atoms with Gasteiger partial charge in [0.15, 0.2) is 0 Å². The van der Waals surface area contributed by atoms with Gasteiger partial charge in [0.05, 0.1) is 0 Å². The predicted octanol–water partition coefficient (Wildman–Crippen LogP) is 2.69. The number of rotatable bonds is 5. The molecule has 0 saturated carbocycles. The summed E-state index contributed by atoms with van der Waals surface area (Å²) in [5.74, 6) is -0.326. The van der Waals surface area contributed by atoms with E-state index >= 15 is 0 Å². The lowest BCUT2D eigenvalue weighted by molar-refractivity contribution is -0.123. The van der Waals surface area contributed by atoms with Crippen LogP contribution in [0.25, 0.3) is 0 Å². The Morgan fingerprint density at radius 1 is 1.26 bits per heavy atom. The molecule has 0 unspecified atom stereocenters. The number of amides is 1. The molecule has 1 heterocycles. The molecular weight excluding hydrogens is 309 g/mol. The summed E-state index contributed by atoms with van der Waals surface area (Å²) in [4.78, 5) is 19.9. The smallest absolute Gasteiger partial charge is 0.350 e. The number of anilines is 1. The molecule has 0 aliphatic rings. The van der Waals surface area contributed by atoms with Gasteiger partial charge in [0.2, 0.25) is 5.95 Å². The largest absolute Gasteiger partial charge is 0.405 e. The highest BCUT2D eigenvalue weighted by Crippen LogP contribution is 2.13. The Bertz CT molecular complexity index is 688. The molecule has 8 heteroatoms. The van der Waals surface area contributed by atoms with Crippen LogP contribution >= 0.6 is 0 Å². The molecule has 2 aromatic rings. The van der Waals surface area contributed by atoms with Crippen molar-refractivity contribution < 1.29 is 18.0 Å². The summed E-state index contributed by atoms with van der Waals surface area (Å²) in [6.07, 6.45) is -2.82. The topological polar surface area (TPSA) is 66.9 Å². The van der Waals surface area contributed by atoms with E-state index in [-0.39, 0.29) is 5.56 Å². The van der Waals surface area contributed by atoms with Crippen LogP contribution in [0.3, 0.4) is 0 Å². The average Bonchev–Trinajstić information content (AvgIpc) is 2.50. The third kappa shape index (κ3) is 5.57. The van der Waals surface area contributed by atoms with Crippen molar-refractivity contribution in [1.29, 1.82) is 0 Å². The van der Waals surface area contributed by atoms with Crippen LogP contribution in [0, 0.1) is 6.92 Å². The van der Waals surface area contributed by atoms with Gasteiger partial charge in [0.25, 0.3) is 5.91 Å². The Balaban J connectivity index is 1.98. The van der Waals surface area contributed by atoms with Crippen molar-refractivity contribution in [2.45, 2.75) is 19.6 Å². The molecular formula is C15H15F3N4O. The monoisotopic (exact) mass is 324 g/mol. The average molecular weight is 324 g/mol. The van der Waals surface area contributed by atoms with Gasteiger partial charge in [0.1, 0.15) is 6.54 Å². The van der Waals surface area contributed by atoms with E-state index in [0.717, 1.165) is 11.3 Å². The molecule has 23 heavy (non-hydrogen) atoms. The number of halogens is 3. The zero-order chi connectivity index (χ0) is 16.9. The minimum Gasteiger partial charge on any atom is -0.350 e. The van der Waals surface area contributed by atoms with E-state index in [2.05, 4.69) is 15.3 Å². The van der Waals surface area contributed by atoms with Crippen molar-refractivity contribution in [2.24, 2.45) is 0 Å². The van der Waals surface area contributed by atoms with Crippen LogP contribution < -0.4 is 10.6 Å². The van der Waals surface area contributed by atoms with E-state index in [1.165, 1.54) is 12.1 Å². The maximum Gasteiger partial charge on any atom is 0.405 e. The van der Waals surface area contributed by atoms with Crippen LogP contribution in [-0.2, 0) is 6.54 Å². The van der Waals surface area contributed by atoms with Crippen LogP contribution in [0.15, 0.2) is 36.5 Å². The van der Waals surface area contributed by atoms with Crippen molar-refractivity contribution >= 4 is 11.9 Å². The first-order valence-corrected chi connectivity index (χ1v) is 6.81. The molecule has 0 fully saturated rings. The summed E-state index contributed by atoms with van der Waals surface area (Å²) >= 11 is 0. The summed E-state index contributed by atoms with van der Waals surface area (Å²) in [7, 11) is 0. The fourth-order valence-electron chi connectivity index (χ4n) is 1.82. The molecule has 122 valence electrons. The molecule has 2 N–H and O–H groups in total. The Labute approximate surface area is 131 Å². The standard InChI is InChI=1S/C15H15F3N4O/c1-10-5-6-19-14(22-10)20-8-11-3-2-4-12(7-11)13(23)21-9-15(16,17)18/h2-7H,8-9H2,1H3,(H,21,23)(H,19,20,22). The summed E-state index contributed by atoms with van der Waals surface area (Å²) < 4.78 is 36.3. The first kappa shape index (κ1) is 16.7. The van der Waals surface area contributed by atoms with Crippen LogP contribution in [-0.4, -0.2) is 28.6 Å². The van der Waals surface area contributed by atoms with E-state index in [0.29, 0.717) is 12.5 Å². The molecule has 2 rings (SSSR count). The number of hydrogen-bond acceptors (Lipinski definition) is 4.